The Morgan fingerprint density at radius 1 is 1.10 bits per heavy atom. The smallest absolute Gasteiger partial charge is 0.128 e. The molecule has 0 aliphatic carbocycles. The van der Waals surface area contributed by atoms with E-state index in [0.29, 0.717) is 6.61 Å². The van der Waals surface area contributed by atoms with E-state index in [1.807, 2.05) is 24.3 Å². The number of halogens is 3. The monoisotopic (exact) mass is 508 g/mol. The van der Waals surface area contributed by atoms with Crippen LogP contribution in [0.2, 0.25) is 0 Å². The van der Waals surface area contributed by atoms with Gasteiger partial charge in [-0.2, -0.15) is 0 Å². The highest BCUT2D eigenvalue weighted by molar-refractivity contribution is 14.1. The SMILES string of the molecule is OC(c1cc(Br)ccc1I)c1cc(Br)cc2c1OCC2. The summed E-state index contributed by atoms with van der Waals surface area (Å²) in [7, 11) is 0. The molecule has 1 unspecified atom stereocenters. The minimum Gasteiger partial charge on any atom is -0.493 e. The predicted octanol–water partition coefficient (Wildman–Crippen LogP) is 4.83. The molecule has 104 valence electrons. The summed E-state index contributed by atoms with van der Waals surface area (Å²) in [5.74, 6) is 0.830. The Hall–Kier alpha value is -0.110. The summed E-state index contributed by atoms with van der Waals surface area (Å²) < 4.78 is 8.67. The lowest BCUT2D eigenvalue weighted by molar-refractivity contribution is 0.212. The molecule has 1 aliphatic rings. The minimum absolute atomic E-state index is 0.682. The Kier molecular flexibility index (Phi) is 4.40. The number of hydrogen-bond acceptors (Lipinski definition) is 2. The van der Waals surface area contributed by atoms with E-state index < -0.39 is 6.10 Å². The Morgan fingerprint density at radius 3 is 2.65 bits per heavy atom. The van der Waals surface area contributed by atoms with Gasteiger partial charge in [0.05, 0.1) is 6.61 Å². The number of fused-ring (bicyclic) bond motifs is 1. The van der Waals surface area contributed by atoms with Crippen molar-refractivity contribution in [2.24, 2.45) is 0 Å². The molecule has 0 saturated heterocycles. The van der Waals surface area contributed by atoms with Crippen molar-refractivity contribution in [3.05, 3.63) is 59.5 Å². The van der Waals surface area contributed by atoms with Crippen molar-refractivity contribution in [1.29, 1.82) is 0 Å². The van der Waals surface area contributed by atoms with Gasteiger partial charge >= 0.3 is 0 Å². The first-order valence-electron chi connectivity index (χ1n) is 6.14. The van der Waals surface area contributed by atoms with Crippen LogP contribution in [0.15, 0.2) is 39.3 Å². The largest absolute Gasteiger partial charge is 0.493 e. The average Bonchev–Trinajstić information content (AvgIpc) is 2.87. The molecule has 0 spiro atoms. The third-order valence-electron chi connectivity index (χ3n) is 3.32. The van der Waals surface area contributed by atoms with E-state index in [1.165, 1.54) is 0 Å². The molecule has 2 aromatic carbocycles. The Morgan fingerprint density at radius 2 is 1.85 bits per heavy atom. The molecule has 0 aromatic heterocycles. The van der Waals surface area contributed by atoms with Gasteiger partial charge in [-0.15, -0.1) is 0 Å². The van der Waals surface area contributed by atoms with Crippen molar-refractivity contribution in [2.75, 3.05) is 6.61 Å². The molecule has 3 rings (SSSR count). The fourth-order valence-corrected chi connectivity index (χ4v) is 3.92. The van der Waals surface area contributed by atoms with Gasteiger partial charge in [-0.05, 0) is 64.0 Å². The van der Waals surface area contributed by atoms with Crippen molar-refractivity contribution in [2.45, 2.75) is 12.5 Å². The fraction of sp³-hybridized carbons (Fsp3) is 0.200. The van der Waals surface area contributed by atoms with E-state index in [-0.39, 0.29) is 0 Å². The summed E-state index contributed by atoms with van der Waals surface area (Å²) in [5, 5.41) is 10.8. The number of ether oxygens (including phenoxy) is 1. The average molecular weight is 510 g/mol. The molecule has 0 bridgehead atoms. The maximum Gasteiger partial charge on any atom is 0.128 e. The van der Waals surface area contributed by atoms with E-state index >= 15 is 0 Å². The normalized spacial score (nSPS) is 14.8. The summed E-state index contributed by atoms with van der Waals surface area (Å²) >= 11 is 9.21. The van der Waals surface area contributed by atoms with Crippen molar-refractivity contribution in [3.8, 4) is 5.75 Å². The van der Waals surface area contributed by atoms with Gasteiger partial charge in [0.15, 0.2) is 0 Å². The number of benzene rings is 2. The highest BCUT2D eigenvalue weighted by Crippen LogP contribution is 2.40. The highest BCUT2D eigenvalue weighted by Gasteiger charge is 2.24. The van der Waals surface area contributed by atoms with Crippen LogP contribution in [0.5, 0.6) is 5.75 Å². The van der Waals surface area contributed by atoms with Crippen LogP contribution in [0.3, 0.4) is 0 Å². The van der Waals surface area contributed by atoms with Gasteiger partial charge in [-0.1, -0.05) is 31.9 Å². The van der Waals surface area contributed by atoms with Crippen molar-refractivity contribution in [1.82, 2.24) is 0 Å². The first-order chi connectivity index (χ1) is 9.56. The van der Waals surface area contributed by atoms with Gasteiger partial charge in [-0.25, -0.2) is 0 Å². The van der Waals surface area contributed by atoms with Gasteiger partial charge in [0, 0.05) is 24.5 Å². The zero-order chi connectivity index (χ0) is 14.3. The van der Waals surface area contributed by atoms with Crippen LogP contribution in [-0.4, -0.2) is 11.7 Å². The van der Waals surface area contributed by atoms with Gasteiger partial charge in [0.1, 0.15) is 11.9 Å². The number of aliphatic hydroxyl groups excluding tert-OH is 1. The van der Waals surface area contributed by atoms with E-state index in [2.05, 4.69) is 60.5 Å². The zero-order valence-corrected chi connectivity index (χ0v) is 15.7. The molecule has 2 aromatic rings. The molecule has 0 saturated carbocycles. The lowest BCUT2D eigenvalue weighted by Crippen LogP contribution is -2.04. The van der Waals surface area contributed by atoms with Gasteiger partial charge in [0.2, 0.25) is 0 Å². The van der Waals surface area contributed by atoms with Gasteiger partial charge in [0.25, 0.3) is 0 Å². The van der Waals surface area contributed by atoms with Gasteiger partial charge in [-0.3, -0.25) is 0 Å². The van der Waals surface area contributed by atoms with E-state index in [4.69, 9.17) is 4.74 Å². The summed E-state index contributed by atoms with van der Waals surface area (Å²) in [6, 6.07) is 9.91. The molecule has 0 fully saturated rings. The van der Waals surface area contributed by atoms with Crippen LogP contribution in [-0.2, 0) is 6.42 Å². The highest BCUT2D eigenvalue weighted by atomic mass is 127. The van der Waals surface area contributed by atoms with Crippen molar-refractivity contribution < 1.29 is 9.84 Å². The quantitative estimate of drug-likeness (QED) is 0.588. The first kappa shape index (κ1) is 14.8. The number of rotatable bonds is 2. The maximum absolute atomic E-state index is 10.8. The molecular formula is C15H11Br2IO2. The van der Waals surface area contributed by atoms with E-state index in [0.717, 1.165) is 41.4 Å². The summed E-state index contributed by atoms with van der Waals surface area (Å²) in [6.07, 6.45) is 0.202. The van der Waals surface area contributed by atoms with Crippen molar-refractivity contribution in [3.63, 3.8) is 0 Å². The molecule has 0 radical (unpaired) electrons. The Bertz CT molecular complexity index is 673. The standard InChI is InChI=1S/C15H11Br2IO2/c16-9-1-2-13(18)11(6-9)14(19)12-7-10(17)5-8-3-4-20-15(8)12/h1-2,5-7,14,19H,3-4H2. The number of hydrogen-bond donors (Lipinski definition) is 1. The molecule has 2 nitrogen and oxygen atoms in total. The third-order valence-corrected chi connectivity index (χ3v) is 5.26. The number of aliphatic hydroxyl groups is 1. The molecular weight excluding hydrogens is 499 g/mol. The summed E-state index contributed by atoms with van der Waals surface area (Å²) in [5.41, 5.74) is 2.86. The molecule has 5 heteroatoms. The lowest BCUT2D eigenvalue weighted by atomic mass is 9.98. The second-order valence-electron chi connectivity index (χ2n) is 4.65. The predicted molar refractivity (Wildman–Crippen MR) is 94.3 cm³/mol. The first-order valence-corrected chi connectivity index (χ1v) is 8.81. The lowest BCUT2D eigenvalue weighted by Gasteiger charge is -2.17. The van der Waals surface area contributed by atoms with Crippen LogP contribution in [0, 0.1) is 3.57 Å². The second kappa shape index (κ2) is 5.94. The maximum atomic E-state index is 10.8. The fourth-order valence-electron chi connectivity index (χ4n) is 2.39. The molecule has 1 aliphatic heterocycles. The Labute approximate surface area is 147 Å². The van der Waals surface area contributed by atoms with Gasteiger partial charge < -0.3 is 9.84 Å². The van der Waals surface area contributed by atoms with Crippen LogP contribution in [0.1, 0.15) is 22.8 Å². The molecule has 1 N–H and O–H groups in total. The molecule has 1 atom stereocenters. The summed E-state index contributed by atoms with van der Waals surface area (Å²) in [6.45, 7) is 0.682. The topological polar surface area (TPSA) is 29.5 Å². The second-order valence-corrected chi connectivity index (χ2v) is 7.64. The Balaban J connectivity index is 2.11. The molecule has 1 heterocycles. The van der Waals surface area contributed by atoms with E-state index in [1.54, 1.807) is 0 Å². The summed E-state index contributed by atoms with van der Waals surface area (Å²) in [4.78, 5) is 0. The zero-order valence-electron chi connectivity index (χ0n) is 10.4. The van der Waals surface area contributed by atoms with Crippen molar-refractivity contribution >= 4 is 54.5 Å². The van der Waals surface area contributed by atoms with Crippen LogP contribution in [0.4, 0.5) is 0 Å². The van der Waals surface area contributed by atoms with Crippen LogP contribution >= 0.6 is 54.5 Å². The van der Waals surface area contributed by atoms with Crippen LogP contribution < -0.4 is 4.74 Å². The minimum atomic E-state index is -0.691. The van der Waals surface area contributed by atoms with Crippen LogP contribution in [0.25, 0.3) is 0 Å². The van der Waals surface area contributed by atoms with E-state index in [9.17, 15) is 5.11 Å². The third kappa shape index (κ3) is 2.77. The molecule has 0 amide bonds. The molecule has 20 heavy (non-hydrogen) atoms.